The van der Waals surface area contributed by atoms with E-state index in [1.807, 2.05) is 0 Å². The minimum absolute atomic E-state index is 0.335. The Balaban J connectivity index is 1.76. The van der Waals surface area contributed by atoms with Crippen LogP contribution in [0.4, 0.5) is 4.39 Å². The van der Waals surface area contributed by atoms with Gasteiger partial charge in [-0.15, -0.1) is 10.2 Å². The number of nitrogens with zero attached hydrogens (tertiary/aromatic N) is 5. The topological polar surface area (TPSA) is 57.2 Å². The van der Waals surface area contributed by atoms with Crippen LogP contribution in [0.2, 0.25) is 0 Å². The second-order valence-electron chi connectivity index (χ2n) is 6.36. The van der Waals surface area contributed by atoms with Gasteiger partial charge < -0.3 is 9.30 Å². The summed E-state index contributed by atoms with van der Waals surface area (Å²) in [6, 6.07) is 8.69. The first-order valence-electron chi connectivity index (χ1n) is 8.67. The number of thioether (sulfide) groups is 1. The summed E-state index contributed by atoms with van der Waals surface area (Å²) >= 11 is 1.56. The highest BCUT2D eigenvalue weighted by molar-refractivity contribution is 7.99. The van der Waals surface area contributed by atoms with Gasteiger partial charge in [0.2, 0.25) is 5.16 Å². The third kappa shape index (κ3) is 3.19. The summed E-state index contributed by atoms with van der Waals surface area (Å²) in [6.45, 7) is 5.62. The molecule has 1 aromatic carbocycles. The van der Waals surface area contributed by atoms with Crippen LogP contribution in [-0.4, -0.2) is 44.6 Å². The molecule has 27 heavy (non-hydrogen) atoms. The van der Waals surface area contributed by atoms with Gasteiger partial charge in [-0.1, -0.05) is 23.9 Å². The maximum atomic E-state index is 14.2. The van der Waals surface area contributed by atoms with Gasteiger partial charge in [0.25, 0.3) is 0 Å². The Kier molecular flexibility index (Phi) is 4.84. The lowest BCUT2D eigenvalue weighted by molar-refractivity contribution is 0.186. The number of rotatable bonds is 5. The van der Waals surface area contributed by atoms with Crippen molar-refractivity contribution in [1.82, 2.24) is 19.4 Å². The molecule has 0 fully saturated rings. The Morgan fingerprint density at radius 1 is 1.19 bits per heavy atom. The average Bonchev–Trinajstić information content (AvgIpc) is 3.21. The molecule has 0 amide bonds. The third-order valence-corrected chi connectivity index (χ3v) is 5.62. The first kappa shape index (κ1) is 17.9. The molecule has 0 radical (unpaired) electrons. The number of ether oxygens (including phenoxy) is 1. The van der Waals surface area contributed by atoms with E-state index in [4.69, 9.17) is 9.84 Å². The lowest BCUT2D eigenvalue weighted by atomic mass is 10.1. The quantitative estimate of drug-likeness (QED) is 0.674. The van der Waals surface area contributed by atoms with Gasteiger partial charge in [0.05, 0.1) is 17.9 Å². The van der Waals surface area contributed by atoms with E-state index in [2.05, 4.69) is 34.7 Å². The van der Waals surface area contributed by atoms with E-state index in [9.17, 15) is 4.39 Å². The van der Waals surface area contributed by atoms with Gasteiger partial charge in [-0.05, 0) is 32.0 Å². The van der Waals surface area contributed by atoms with E-state index in [0.717, 1.165) is 29.2 Å². The number of hydrogen-bond acceptors (Lipinski definition) is 5. The Bertz CT molecular complexity index is 1020. The molecule has 0 bridgehead atoms. The van der Waals surface area contributed by atoms with E-state index in [-0.39, 0.29) is 5.82 Å². The van der Waals surface area contributed by atoms with Gasteiger partial charge in [0.1, 0.15) is 5.82 Å². The van der Waals surface area contributed by atoms with Crippen LogP contribution in [0.3, 0.4) is 0 Å². The zero-order valence-corrected chi connectivity index (χ0v) is 16.3. The summed E-state index contributed by atoms with van der Waals surface area (Å²) in [4.78, 5) is 0. The van der Waals surface area contributed by atoms with Crippen LogP contribution < -0.4 is 0 Å². The molecule has 1 aliphatic heterocycles. The van der Waals surface area contributed by atoms with Crippen molar-refractivity contribution in [3.8, 4) is 11.4 Å². The van der Waals surface area contributed by atoms with E-state index < -0.39 is 0 Å². The smallest absolute Gasteiger partial charge is 0.212 e. The number of benzene rings is 1. The number of halogens is 1. The molecule has 1 aliphatic rings. The zero-order valence-electron chi connectivity index (χ0n) is 15.4. The molecular formula is C19H20FN5OS. The highest BCUT2D eigenvalue weighted by Gasteiger charge is 2.24. The Morgan fingerprint density at radius 3 is 2.78 bits per heavy atom. The van der Waals surface area contributed by atoms with Crippen molar-refractivity contribution >= 4 is 17.5 Å². The van der Waals surface area contributed by atoms with Crippen molar-refractivity contribution in [3.63, 3.8) is 0 Å². The van der Waals surface area contributed by atoms with Gasteiger partial charge in [0, 0.05) is 36.4 Å². The number of fused-ring (bicyclic) bond motifs is 1. The maximum Gasteiger partial charge on any atom is 0.212 e. The number of aryl methyl sites for hydroxylation is 1. The van der Waals surface area contributed by atoms with Gasteiger partial charge in [0.15, 0.2) is 5.82 Å². The lowest BCUT2D eigenvalue weighted by Gasteiger charge is -2.14. The van der Waals surface area contributed by atoms with Crippen LogP contribution in [0.1, 0.15) is 17.0 Å². The highest BCUT2D eigenvalue weighted by Crippen LogP contribution is 2.30. The van der Waals surface area contributed by atoms with E-state index in [1.165, 1.54) is 6.07 Å². The van der Waals surface area contributed by atoms with Crippen LogP contribution in [0.5, 0.6) is 0 Å². The van der Waals surface area contributed by atoms with E-state index >= 15 is 0 Å². The molecule has 0 atom stereocenters. The summed E-state index contributed by atoms with van der Waals surface area (Å²) in [5, 5.41) is 13.8. The Hall–Kier alpha value is -2.45. The molecule has 0 saturated heterocycles. The fourth-order valence-electron chi connectivity index (χ4n) is 3.29. The summed E-state index contributed by atoms with van der Waals surface area (Å²) in [5.41, 5.74) is 4.73. The van der Waals surface area contributed by atoms with E-state index in [1.54, 1.807) is 41.7 Å². The first-order valence-corrected chi connectivity index (χ1v) is 9.65. The van der Waals surface area contributed by atoms with Crippen molar-refractivity contribution in [3.05, 3.63) is 53.1 Å². The molecule has 0 saturated carbocycles. The maximum absolute atomic E-state index is 14.2. The molecule has 4 rings (SSSR count). The van der Waals surface area contributed by atoms with Crippen LogP contribution >= 0.6 is 11.8 Å². The van der Waals surface area contributed by atoms with Crippen molar-refractivity contribution < 1.29 is 9.13 Å². The van der Waals surface area contributed by atoms with Crippen molar-refractivity contribution in [2.24, 2.45) is 5.10 Å². The second kappa shape index (κ2) is 7.28. The molecule has 0 aliphatic carbocycles. The predicted molar refractivity (Wildman–Crippen MR) is 104 cm³/mol. The molecule has 0 unspecified atom stereocenters. The average molecular weight is 385 g/mol. The number of hydrogen-bond donors (Lipinski definition) is 0. The van der Waals surface area contributed by atoms with Crippen molar-refractivity contribution in [2.75, 3.05) is 19.5 Å². The molecule has 0 spiro atoms. The van der Waals surface area contributed by atoms with E-state index in [0.29, 0.717) is 28.9 Å². The van der Waals surface area contributed by atoms with Gasteiger partial charge in [-0.3, -0.25) is 0 Å². The fraction of sp³-hybridized carbons (Fsp3) is 0.316. The second-order valence-corrected chi connectivity index (χ2v) is 7.30. The monoisotopic (exact) mass is 385 g/mol. The molecule has 3 heterocycles. The minimum Gasteiger partial charge on any atom is -0.383 e. The molecule has 140 valence electrons. The molecule has 0 N–H and O–H groups in total. The van der Waals surface area contributed by atoms with Crippen LogP contribution in [0.25, 0.3) is 11.4 Å². The largest absolute Gasteiger partial charge is 0.383 e. The third-order valence-electron chi connectivity index (χ3n) is 4.69. The molecule has 2 aromatic heterocycles. The fourth-order valence-corrected chi connectivity index (χ4v) is 4.12. The summed E-state index contributed by atoms with van der Waals surface area (Å²) in [6.07, 6.45) is 0. The zero-order chi connectivity index (χ0) is 19.0. The molecular weight excluding hydrogens is 365 g/mol. The molecule has 3 aromatic rings. The normalized spacial score (nSPS) is 13.6. The Morgan fingerprint density at radius 2 is 2.00 bits per heavy atom. The highest BCUT2D eigenvalue weighted by atomic mass is 32.2. The van der Waals surface area contributed by atoms with Crippen LogP contribution in [0, 0.1) is 19.7 Å². The number of methoxy groups -OCH3 is 1. The first-order chi connectivity index (χ1) is 13.1. The van der Waals surface area contributed by atoms with Crippen molar-refractivity contribution in [1.29, 1.82) is 0 Å². The summed E-state index contributed by atoms with van der Waals surface area (Å²) in [7, 11) is 1.70. The Labute approximate surface area is 161 Å². The SMILES string of the molecule is COCCn1c(C)cc(C2=Nn3c(nnc3-c3ccccc3F)SC2)c1C. The van der Waals surface area contributed by atoms with Crippen molar-refractivity contribution in [2.45, 2.75) is 25.5 Å². The van der Waals surface area contributed by atoms with Crippen LogP contribution in [-0.2, 0) is 11.3 Å². The van der Waals surface area contributed by atoms with Gasteiger partial charge in [-0.25, -0.2) is 4.39 Å². The van der Waals surface area contributed by atoms with Gasteiger partial charge >= 0.3 is 0 Å². The van der Waals surface area contributed by atoms with Gasteiger partial charge in [-0.2, -0.15) is 9.78 Å². The summed E-state index contributed by atoms with van der Waals surface area (Å²) < 4.78 is 23.3. The molecule has 6 nitrogen and oxygen atoms in total. The van der Waals surface area contributed by atoms with Crippen LogP contribution in [0.15, 0.2) is 40.6 Å². The predicted octanol–water partition coefficient (Wildman–Crippen LogP) is 3.51. The lowest BCUT2D eigenvalue weighted by Crippen LogP contribution is -2.15. The standard InChI is InChI=1S/C19H20FN5OS/c1-12-10-15(13(2)24(12)8-9-26-3)17-11-27-19-22-21-18(25(19)23-17)14-6-4-5-7-16(14)20/h4-7,10H,8-9,11H2,1-3H3. The molecule has 8 heteroatoms. The number of aromatic nitrogens is 4. The minimum atomic E-state index is -0.335. The summed E-state index contributed by atoms with van der Waals surface area (Å²) in [5.74, 6) is 0.781.